The van der Waals surface area contributed by atoms with Gasteiger partial charge in [-0.1, -0.05) is 24.3 Å². The molecule has 0 saturated heterocycles. The zero-order chi connectivity index (χ0) is 19.2. The lowest BCUT2D eigenvalue weighted by molar-refractivity contribution is -0.119. The maximum Gasteiger partial charge on any atom is 0.264 e. The molecule has 26 heavy (non-hydrogen) atoms. The van der Waals surface area contributed by atoms with Gasteiger partial charge in [0.2, 0.25) is 5.91 Å². The van der Waals surface area contributed by atoms with E-state index in [1.165, 1.54) is 24.3 Å². The largest absolute Gasteiger partial charge is 0.349 e. The van der Waals surface area contributed by atoms with Crippen LogP contribution in [0, 0.1) is 11.3 Å². The number of carbonyl (C=O) groups is 2. The highest BCUT2D eigenvalue weighted by molar-refractivity contribution is 7.90. The van der Waals surface area contributed by atoms with Gasteiger partial charge in [-0.05, 0) is 37.3 Å². The fraction of sp³-hybridized carbons (Fsp3) is 0.167. The maximum absolute atomic E-state index is 12.2. The van der Waals surface area contributed by atoms with Crippen molar-refractivity contribution in [2.75, 3.05) is 0 Å². The number of nitrogens with one attached hydrogen (secondary N) is 2. The highest BCUT2D eigenvalue weighted by atomic mass is 32.2. The number of hydrogen-bond donors (Lipinski definition) is 2. The molecule has 2 rings (SSSR count). The van der Waals surface area contributed by atoms with Crippen LogP contribution >= 0.6 is 0 Å². The van der Waals surface area contributed by atoms with Gasteiger partial charge in [-0.15, -0.1) is 0 Å². The van der Waals surface area contributed by atoms with Crippen molar-refractivity contribution >= 4 is 21.8 Å². The highest BCUT2D eigenvalue weighted by Gasteiger charge is 2.20. The quantitative estimate of drug-likeness (QED) is 0.799. The first-order valence-electron chi connectivity index (χ1n) is 7.73. The third-order valence-corrected chi connectivity index (χ3v) is 4.80. The molecular weight excluding hydrogens is 354 g/mol. The first kappa shape index (κ1) is 19.1. The summed E-state index contributed by atoms with van der Waals surface area (Å²) in [5, 5.41) is 11.5. The fourth-order valence-electron chi connectivity index (χ4n) is 2.21. The van der Waals surface area contributed by atoms with Crippen molar-refractivity contribution in [2.24, 2.45) is 0 Å². The van der Waals surface area contributed by atoms with Crippen LogP contribution in [0.25, 0.3) is 0 Å². The highest BCUT2D eigenvalue weighted by Crippen LogP contribution is 2.11. The number of nitrogens with zero attached hydrogens (tertiary/aromatic N) is 1. The van der Waals surface area contributed by atoms with E-state index in [0.29, 0.717) is 5.56 Å². The lowest BCUT2D eigenvalue weighted by atomic mass is 10.2. The van der Waals surface area contributed by atoms with Gasteiger partial charge in [0.05, 0.1) is 16.5 Å². The summed E-state index contributed by atoms with van der Waals surface area (Å²) in [6.07, 6.45) is -0.213. The zero-order valence-electron chi connectivity index (χ0n) is 14.0. The van der Waals surface area contributed by atoms with Crippen molar-refractivity contribution in [3.8, 4) is 6.07 Å². The van der Waals surface area contributed by atoms with E-state index in [9.17, 15) is 18.0 Å². The third-order valence-electron chi connectivity index (χ3n) is 3.43. The molecule has 0 aromatic heterocycles. The van der Waals surface area contributed by atoms with Crippen molar-refractivity contribution < 1.29 is 18.0 Å². The summed E-state index contributed by atoms with van der Waals surface area (Å²) in [7, 11) is -4.08. The van der Waals surface area contributed by atoms with Crippen LogP contribution in [0.4, 0.5) is 0 Å². The summed E-state index contributed by atoms with van der Waals surface area (Å²) in [5.41, 5.74) is 0.615. The second-order valence-corrected chi connectivity index (χ2v) is 7.30. The van der Waals surface area contributed by atoms with Gasteiger partial charge in [0, 0.05) is 18.0 Å². The third kappa shape index (κ3) is 5.16. The standard InChI is InChI=1S/C18H17N3O4S/c1-13(20-18(23)15-7-3-2-4-8-15)10-17(22)21-26(24,25)16-9-5-6-14(11-16)12-19/h2-9,11,13H,10H2,1H3,(H,20,23)(H,21,22). The summed E-state index contributed by atoms with van der Waals surface area (Å²) >= 11 is 0. The van der Waals surface area contributed by atoms with Crippen molar-refractivity contribution in [1.82, 2.24) is 10.0 Å². The molecule has 0 saturated carbocycles. The molecule has 0 bridgehead atoms. The van der Waals surface area contributed by atoms with Crippen molar-refractivity contribution in [1.29, 1.82) is 5.26 Å². The van der Waals surface area contributed by atoms with Gasteiger partial charge in [-0.3, -0.25) is 9.59 Å². The van der Waals surface area contributed by atoms with Gasteiger partial charge in [0.15, 0.2) is 0 Å². The molecule has 0 fully saturated rings. The molecule has 1 unspecified atom stereocenters. The molecule has 134 valence electrons. The number of carbonyl (C=O) groups excluding carboxylic acids is 2. The molecule has 2 aromatic carbocycles. The van der Waals surface area contributed by atoms with E-state index in [4.69, 9.17) is 5.26 Å². The van der Waals surface area contributed by atoms with Crippen LogP contribution in [0.15, 0.2) is 59.5 Å². The Balaban J connectivity index is 1.97. The van der Waals surface area contributed by atoms with Gasteiger partial charge in [0.1, 0.15) is 0 Å². The van der Waals surface area contributed by atoms with Gasteiger partial charge in [-0.25, -0.2) is 13.1 Å². The van der Waals surface area contributed by atoms with Gasteiger partial charge >= 0.3 is 0 Å². The predicted molar refractivity (Wildman–Crippen MR) is 94.5 cm³/mol. The molecule has 2 aromatic rings. The van der Waals surface area contributed by atoms with Crippen molar-refractivity contribution in [2.45, 2.75) is 24.3 Å². The van der Waals surface area contributed by atoms with E-state index in [1.807, 2.05) is 10.8 Å². The Morgan fingerprint density at radius 1 is 1.12 bits per heavy atom. The number of sulfonamides is 1. The second kappa shape index (κ2) is 8.27. The molecule has 0 spiro atoms. The zero-order valence-corrected chi connectivity index (χ0v) is 14.8. The summed E-state index contributed by atoms with van der Waals surface area (Å²) in [5.74, 6) is -1.11. The maximum atomic E-state index is 12.2. The van der Waals surface area contributed by atoms with Crippen LogP contribution in [0.1, 0.15) is 29.3 Å². The van der Waals surface area contributed by atoms with Crippen molar-refractivity contribution in [3.63, 3.8) is 0 Å². The van der Waals surface area contributed by atoms with E-state index < -0.39 is 22.0 Å². The van der Waals surface area contributed by atoms with Crippen LogP contribution in [-0.2, 0) is 14.8 Å². The molecule has 0 radical (unpaired) electrons. The number of benzene rings is 2. The van der Waals surface area contributed by atoms with E-state index in [2.05, 4.69) is 5.32 Å². The number of hydrogen-bond acceptors (Lipinski definition) is 5. The molecule has 8 heteroatoms. The average Bonchev–Trinajstić information content (AvgIpc) is 2.61. The van der Waals surface area contributed by atoms with Gasteiger partial charge in [0.25, 0.3) is 15.9 Å². The Hall–Kier alpha value is -3.18. The molecule has 1 atom stereocenters. The van der Waals surface area contributed by atoms with Crippen molar-refractivity contribution in [3.05, 3.63) is 65.7 Å². The van der Waals surface area contributed by atoms with Crippen LogP contribution in [0.5, 0.6) is 0 Å². The van der Waals surface area contributed by atoms with E-state index in [1.54, 1.807) is 37.3 Å². The molecule has 2 amide bonds. The Morgan fingerprint density at radius 2 is 1.81 bits per heavy atom. The first-order valence-corrected chi connectivity index (χ1v) is 9.22. The monoisotopic (exact) mass is 371 g/mol. The Kier molecular flexibility index (Phi) is 6.09. The number of rotatable bonds is 6. The minimum absolute atomic E-state index is 0.170. The molecule has 0 aliphatic heterocycles. The molecule has 7 nitrogen and oxygen atoms in total. The number of amides is 2. The molecule has 0 aliphatic carbocycles. The SMILES string of the molecule is CC(CC(=O)NS(=O)(=O)c1cccc(C#N)c1)NC(=O)c1ccccc1. The van der Waals surface area contributed by atoms with E-state index >= 15 is 0 Å². The normalized spacial score (nSPS) is 11.8. The lowest BCUT2D eigenvalue weighted by Gasteiger charge is -2.14. The minimum Gasteiger partial charge on any atom is -0.349 e. The Bertz CT molecular complexity index is 950. The average molecular weight is 371 g/mol. The first-order chi connectivity index (χ1) is 12.3. The Labute approximate surface area is 151 Å². The molecule has 2 N–H and O–H groups in total. The van der Waals surface area contributed by atoms with Gasteiger partial charge in [-0.2, -0.15) is 5.26 Å². The smallest absolute Gasteiger partial charge is 0.264 e. The molecular formula is C18H17N3O4S. The molecule has 0 aliphatic rings. The summed E-state index contributed by atoms with van der Waals surface area (Å²) < 4.78 is 26.4. The minimum atomic E-state index is -4.08. The van der Waals surface area contributed by atoms with E-state index in [0.717, 1.165) is 0 Å². The van der Waals surface area contributed by atoms with Crippen LogP contribution in [-0.4, -0.2) is 26.3 Å². The Morgan fingerprint density at radius 3 is 2.46 bits per heavy atom. The summed E-state index contributed by atoms with van der Waals surface area (Å²) in [6.45, 7) is 1.60. The van der Waals surface area contributed by atoms with Gasteiger partial charge < -0.3 is 5.32 Å². The summed E-state index contributed by atoms with van der Waals surface area (Å²) in [4.78, 5) is 23.9. The fourth-order valence-corrected chi connectivity index (χ4v) is 3.25. The lowest BCUT2D eigenvalue weighted by Crippen LogP contribution is -2.39. The predicted octanol–water partition coefficient (Wildman–Crippen LogP) is 1.57. The van der Waals surface area contributed by atoms with E-state index in [-0.39, 0.29) is 22.8 Å². The summed E-state index contributed by atoms with van der Waals surface area (Å²) in [6, 6.07) is 15.1. The van der Waals surface area contributed by atoms with Crippen LogP contribution in [0.3, 0.4) is 0 Å². The van der Waals surface area contributed by atoms with Crippen LogP contribution in [0.2, 0.25) is 0 Å². The van der Waals surface area contributed by atoms with Crippen LogP contribution < -0.4 is 10.0 Å². The number of nitriles is 1. The second-order valence-electron chi connectivity index (χ2n) is 5.61. The topological polar surface area (TPSA) is 116 Å². The molecule has 0 heterocycles.